The van der Waals surface area contributed by atoms with E-state index in [1.165, 1.54) is 4.31 Å². The van der Waals surface area contributed by atoms with Crippen LogP contribution in [0.4, 0.5) is 0 Å². The van der Waals surface area contributed by atoms with Crippen LogP contribution in [-0.2, 0) is 10.0 Å². The fourth-order valence-corrected chi connectivity index (χ4v) is 2.00. The number of hydrogen-bond donors (Lipinski definition) is 0. The highest BCUT2D eigenvalue weighted by atomic mass is 35.5. The molecule has 3 nitrogen and oxygen atoms in total. The molecule has 0 atom stereocenters. The molecule has 0 unspecified atom stereocenters. The Kier molecular flexibility index (Phi) is 6.73. The van der Waals surface area contributed by atoms with Gasteiger partial charge in [-0.1, -0.05) is 6.42 Å². The van der Waals surface area contributed by atoms with Crippen LogP contribution >= 0.6 is 11.6 Å². The molecule has 0 aliphatic rings. The first kappa shape index (κ1) is 13.2. The van der Waals surface area contributed by atoms with Gasteiger partial charge in [0, 0.05) is 19.5 Å². The van der Waals surface area contributed by atoms with Crippen LogP contribution in [0.1, 0.15) is 26.2 Å². The third-order valence-electron chi connectivity index (χ3n) is 1.95. The van der Waals surface area contributed by atoms with Crippen molar-refractivity contribution < 1.29 is 8.42 Å². The van der Waals surface area contributed by atoms with Crippen LogP contribution in [0.5, 0.6) is 0 Å². The molecule has 0 aliphatic carbocycles. The maximum Gasteiger partial charge on any atom is 0.213 e. The molecule has 0 aromatic heterocycles. The van der Waals surface area contributed by atoms with Gasteiger partial charge in [0.15, 0.2) is 0 Å². The second-order valence-electron chi connectivity index (χ2n) is 2.97. The number of unbranched alkanes of at least 4 members (excludes halogenated alkanes) is 2. The highest BCUT2D eigenvalue weighted by molar-refractivity contribution is 7.89. The maximum atomic E-state index is 11.3. The average Bonchev–Trinajstić information content (AvgIpc) is 2.12. The SMILES string of the molecule is CCS(=O)(=O)N(C)CCCCCCl. The number of alkyl halides is 1. The van der Waals surface area contributed by atoms with Gasteiger partial charge in [-0.05, 0) is 19.8 Å². The molecule has 0 N–H and O–H groups in total. The summed E-state index contributed by atoms with van der Waals surface area (Å²) in [6.45, 7) is 2.26. The molecule has 80 valence electrons. The molecule has 0 amide bonds. The molecule has 13 heavy (non-hydrogen) atoms. The lowest BCUT2D eigenvalue weighted by molar-refractivity contribution is 0.455. The third-order valence-corrected chi connectivity index (χ3v) is 4.08. The summed E-state index contributed by atoms with van der Waals surface area (Å²) in [6, 6.07) is 0. The largest absolute Gasteiger partial charge is 0.213 e. The van der Waals surface area contributed by atoms with Crippen molar-refractivity contribution in [3.63, 3.8) is 0 Å². The Balaban J connectivity index is 3.69. The van der Waals surface area contributed by atoms with E-state index in [1.807, 2.05) is 0 Å². The molecule has 0 heterocycles. The van der Waals surface area contributed by atoms with E-state index in [4.69, 9.17) is 11.6 Å². The van der Waals surface area contributed by atoms with E-state index >= 15 is 0 Å². The highest BCUT2D eigenvalue weighted by Crippen LogP contribution is 2.03. The van der Waals surface area contributed by atoms with Crippen LogP contribution in [0.3, 0.4) is 0 Å². The van der Waals surface area contributed by atoms with Gasteiger partial charge in [0.2, 0.25) is 10.0 Å². The van der Waals surface area contributed by atoms with Crippen molar-refractivity contribution >= 4 is 21.6 Å². The summed E-state index contributed by atoms with van der Waals surface area (Å²) >= 11 is 5.50. The van der Waals surface area contributed by atoms with Crippen molar-refractivity contribution in [2.75, 3.05) is 25.2 Å². The molecule has 0 aromatic rings. The Morgan fingerprint density at radius 2 is 1.85 bits per heavy atom. The fraction of sp³-hybridized carbons (Fsp3) is 1.00. The molecule has 0 saturated carbocycles. The number of nitrogens with zero attached hydrogens (tertiary/aromatic N) is 1. The van der Waals surface area contributed by atoms with Crippen molar-refractivity contribution in [2.45, 2.75) is 26.2 Å². The molecule has 0 spiro atoms. The van der Waals surface area contributed by atoms with Crippen LogP contribution in [0.2, 0.25) is 0 Å². The normalized spacial score (nSPS) is 12.3. The van der Waals surface area contributed by atoms with Crippen LogP contribution in [0, 0.1) is 0 Å². The Labute approximate surface area is 86.1 Å². The van der Waals surface area contributed by atoms with E-state index in [2.05, 4.69) is 0 Å². The summed E-state index contributed by atoms with van der Waals surface area (Å²) in [4.78, 5) is 0. The summed E-state index contributed by atoms with van der Waals surface area (Å²) < 4.78 is 23.9. The van der Waals surface area contributed by atoms with E-state index in [0.29, 0.717) is 12.4 Å². The Hall–Kier alpha value is 0.200. The van der Waals surface area contributed by atoms with Crippen molar-refractivity contribution in [3.05, 3.63) is 0 Å². The van der Waals surface area contributed by atoms with Gasteiger partial charge in [0.25, 0.3) is 0 Å². The first-order valence-electron chi connectivity index (χ1n) is 4.54. The zero-order valence-electron chi connectivity index (χ0n) is 8.29. The van der Waals surface area contributed by atoms with Crippen molar-refractivity contribution in [3.8, 4) is 0 Å². The molecule has 0 aliphatic heterocycles. The minimum atomic E-state index is -2.99. The zero-order chi connectivity index (χ0) is 10.3. The van der Waals surface area contributed by atoms with Gasteiger partial charge in [0.05, 0.1) is 5.75 Å². The molecule has 0 fully saturated rings. The van der Waals surface area contributed by atoms with Crippen molar-refractivity contribution in [2.24, 2.45) is 0 Å². The monoisotopic (exact) mass is 227 g/mol. The van der Waals surface area contributed by atoms with E-state index in [-0.39, 0.29) is 5.75 Å². The van der Waals surface area contributed by atoms with Gasteiger partial charge in [-0.25, -0.2) is 12.7 Å². The molecule has 0 aromatic carbocycles. The summed E-state index contributed by atoms with van der Waals surface area (Å²) in [7, 11) is -1.36. The van der Waals surface area contributed by atoms with E-state index in [9.17, 15) is 8.42 Å². The zero-order valence-corrected chi connectivity index (χ0v) is 9.86. The van der Waals surface area contributed by atoms with Crippen molar-refractivity contribution in [1.82, 2.24) is 4.31 Å². The van der Waals surface area contributed by atoms with Crippen LogP contribution < -0.4 is 0 Å². The molecule has 0 saturated heterocycles. The van der Waals surface area contributed by atoms with Crippen LogP contribution in [0.15, 0.2) is 0 Å². The second kappa shape index (κ2) is 6.62. The van der Waals surface area contributed by atoms with Crippen LogP contribution in [-0.4, -0.2) is 37.9 Å². The van der Waals surface area contributed by atoms with Gasteiger partial charge in [-0.3, -0.25) is 0 Å². The van der Waals surface area contributed by atoms with Crippen LogP contribution in [0.25, 0.3) is 0 Å². The third kappa shape index (κ3) is 5.49. The van der Waals surface area contributed by atoms with E-state index in [0.717, 1.165) is 19.3 Å². The van der Waals surface area contributed by atoms with Gasteiger partial charge in [-0.15, -0.1) is 11.6 Å². The molecule has 0 bridgehead atoms. The quantitative estimate of drug-likeness (QED) is 0.490. The van der Waals surface area contributed by atoms with Gasteiger partial charge < -0.3 is 0 Å². The standard InChI is InChI=1S/C8H18ClNO2S/c1-3-13(11,12)10(2)8-6-4-5-7-9/h3-8H2,1-2H3. The predicted molar refractivity (Wildman–Crippen MR) is 56.7 cm³/mol. The lowest BCUT2D eigenvalue weighted by Crippen LogP contribution is -2.29. The lowest BCUT2D eigenvalue weighted by Gasteiger charge is -2.15. The maximum absolute atomic E-state index is 11.3. The highest BCUT2D eigenvalue weighted by Gasteiger charge is 2.13. The number of sulfonamides is 1. The lowest BCUT2D eigenvalue weighted by atomic mass is 10.2. The molecular weight excluding hydrogens is 210 g/mol. The topological polar surface area (TPSA) is 37.4 Å². The first-order valence-corrected chi connectivity index (χ1v) is 6.69. The molecule has 0 rings (SSSR count). The number of hydrogen-bond acceptors (Lipinski definition) is 2. The Morgan fingerprint density at radius 3 is 2.31 bits per heavy atom. The first-order chi connectivity index (χ1) is 6.04. The number of halogens is 1. The fourth-order valence-electron chi connectivity index (χ4n) is 0.965. The molecule has 0 radical (unpaired) electrons. The summed E-state index contributed by atoms with van der Waals surface area (Å²) in [6.07, 6.45) is 2.84. The van der Waals surface area contributed by atoms with Gasteiger partial charge >= 0.3 is 0 Å². The molecule has 5 heteroatoms. The number of rotatable bonds is 7. The molecular formula is C8H18ClNO2S. The predicted octanol–water partition coefficient (Wildman–Crippen LogP) is 1.68. The Bertz CT molecular complexity index is 216. The minimum Gasteiger partial charge on any atom is -0.212 e. The minimum absolute atomic E-state index is 0.180. The second-order valence-corrected chi connectivity index (χ2v) is 5.71. The summed E-state index contributed by atoms with van der Waals surface area (Å²) in [5, 5.41) is 0. The van der Waals surface area contributed by atoms with E-state index < -0.39 is 10.0 Å². The Morgan fingerprint density at radius 1 is 1.23 bits per heavy atom. The summed E-state index contributed by atoms with van der Waals surface area (Å²) in [5.74, 6) is 0.837. The average molecular weight is 228 g/mol. The van der Waals surface area contributed by atoms with E-state index in [1.54, 1.807) is 14.0 Å². The summed E-state index contributed by atoms with van der Waals surface area (Å²) in [5.41, 5.74) is 0. The van der Waals surface area contributed by atoms with Crippen molar-refractivity contribution in [1.29, 1.82) is 0 Å². The van der Waals surface area contributed by atoms with Gasteiger partial charge in [0.1, 0.15) is 0 Å². The smallest absolute Gasteiger partial charge is 0.212 e. The van der Waals surface area contributed by atoms with Gasteiger partial charge in [-0.2, -0.15) is 0 Å².